The Bertz CT molecular complexity index is 835. The van der Waals surface area contributed by atoms with Crippen LogP contribution in [-0.4, -0.2) is 19.2 Å². The van der Waals surface area contributed by atoms with E-state index in [1.165, 1.54) is 0 Å². The molecule has 25 heavy (non-hydrogen) atoms. The van der Waals surface area contributed by atoms with Crippen molar-refractivity contribution in [2.24, 2.45) is 0 Å². The minimum Gasteiger partial charge on any atom is -0.493 e. The second-order valence-corrected chi connectivity index (χ2v) is 5.85. The van der Waals surface area contributed by atoms with Crippen LogP contribution in [0.5, 0.6) is 11.5 Å². The first-order valence-electron chi connectivity index (χ1n) is 6.95. The number of nitrogens with zero attached hydrogens (tertiary/aromatic N) is 1. The highest BCUT2D eigenvalue weighted by atomic mass is 35.5. The third kappa shape index (κ3) is 4.48. The van der Waals surface area contributed by atoms with Crippen molar-refractivity contribution < 1.29 is 9.47 Å². The van der Waals surface area contributed by atoms with Crippen molar-refractivity contribution in [3.8, 4) is 33.3 Å². The standard InChI is InChI=1S/C17H17N3O2S.2ClH/c1-21-15-4-3-10(7-16(15)22-2)17-20-14(9-23-17)11-5-12(18)8-13(19)6-11;;/h3-9H,18-19H2,1-2H3;2*1H. The Hall–Kier alpha value is -2.15. The molecule has 0 atom stereocenters. The van der Waals surface area contributed by atoms with E-state index in [4.69, 9.17) is 20.9 Å². The van der Waals surface area contributed by atoms with E-state index in [0.717, 1.165) is 21.8 Å². The van der Waals surface area contributed by atoms with Gasteiger partial charge in [-0.25, -0.2) is 4.98 Å². The summed E-state index contributed by atoms with van der Waals surface area (Å²) in [5, 5.41) is 2.88. The molecule has 1 heterocycles. The van der Waals surface area contributed by atoms with E-state index in [2.05, 4.69) is 4.98 Å². The van der Waals surface area contributed by atoms with Crippen molar-refractivity contribution in [2.45, 2.75) is 0 Å². The normalized spacial score (nSPS) is 9.68. The van der Waals surface area contributed by atoms with Gasteiger partial charge in [0.1, 0.15) is 5.01 Å². The van der Waals surface area contributed by atoms with Crippen LogP contribution < -0.4 is 20.9 Å². The molecule has 2 aromatic carbocycles. The van der Waals surface area contributed by atoms with Gasteiger partial charge in [0.15, 0.2) is 11.5 Å². The van der Waals surface area contributed by atoms with Gasteiger partial charge >= 0.3 is 0 Å². The minimum absolute atomic E-state index is 0. The molecule has 3 aromatic rings. The maximum Gasteiger partial charge on any atom is 0.161 e. The first-order chi connectivity index (χ1) is 11.1. The number of hydrogen-bond acceptors (Lipinski definition) is 6. The van der Waals surface area contributed by atoms with Crippen LogP contribution in [0.15, 0.2) is 41.8 Å². The third-order valence-electron chi connectivity index (χ3n) is 3.41. The van der Waals surface area contributed by atoms with E-state index in [9.17, 15) is 0 Å². The molecule has 0 spiro atoms. The van der Waals surface area contributed by atoms with Gasteiger partial charge in [0.25, 0.3) is 0 Å². The number of hydrogen-bond donors (Lipinski definition) is 2. The zero-order valence-electron chi connectivity index (χ0n) is 13.7. The Kier molecular flexibility index (Phi) is 7.36. The molecule has 3 rings (SSSR count). The molecule has 0 bridgehead atoms. The summed E-state index contributed by atoms with van der Waals surface area (Å²) >= 11 is 1.55. The second kappa shape index (κ2) is 8.80. The van der Waals surface area contributed by atoms with Gasteiger partial charge in [-0.05, 0) is 36.4 Å². The first kappa shape index (κ1) is 20.9. The van der Waals surface area contributed by atoms with Crippen LogP contribution in [0.2, 0.25) is 0 Å². The van der Waals surface area contributed by atoms with E-state index < -0.39 is 0 Å². The van der Waals surface area contributed by atoms with E-state index in [1.54, 1.807) is 31.6 Å². The minimum atomic E-state index is 0. The maximum absolute atomic E-state index is 5.85. The summed E-state index contributed by atoms with van der Waals surface area (Å²) < 4.78 is 10.6. The quantitative estimate of drug-likeness (QED) is 0.630. The molecule has 8 heteroatoms. The molecule has 0 unspecified atom stereocenters. The van der Waals surface area contributed by atoms with Crippen molar-refractivity contribution in [2.75, 3.05) is 25.7 Å². The molecule has 0 radical (unpaired) electrons. The van der Waals surface area contributed by atoms with Crippen molar-refractivity contribution in [1.82, 2.24) is 4.98 Å². The largest absolute Gasteiger partial charge is 0.493 e. The number of aromatic nitrogens is 1. The summed E-state index contributed by atoms with van der Waals surface area (Å²) in [7, 11) is 3.23. The van der Waals surface area contributed by atoms with Crippen molar-refractivity contribution in [1.29, 1.82) is 0 Å². The number of nitrogen functional groups attached to an aromatic ring is 2. The number of methoxy groups -OCH3 is 2. The van der Waals surface area contributed by atoms with Gasteiger partial charge in [-0.2, -0.15) is 0 Å². The van der Waals surface area contributed by atoms with Gasteiger partial charge in [-0.15, -0.1) is 36.2 Å². The zero-order chi connectivity index (χ0) is 16.4. The number of benzene rings is 2. The molecule has 4 N–H and O–H groups in total. The Morgan fingerprint density at radius 1 is 0.840 bits per heavy atom. The summed E-state index contributed by atoms with van der Waals surface area (Å²) in [5.74, 6) is 1.37. The van der Waals surface area contributed by atoms with Crippen molar-refractivity contribution in [3.05, 3.63) is 41.8 Å². The summed E-state index contributed by atoms with van der Waals surface area (Å²) in [4.78, 5) is 4.67. The molecule has 5 nitrogen and oxygen atoms in total. The molecule has 0 saturated heterocycles. The SMILES string of the molecule is COc1ccc(-c2nc(-c3cc(N)cc(N)c3)cs2)cc1OC.Cl.Cl. The Balaban J connectivity index is 0.00000156. The average Bonchev–Trinajstić information content (AvgIpc) is 3.03. The smallest absolute Gasteiger partial charge is 0.161 e. The molecule has 0 saturated carbocycles. The Labute approximate surface area is 162 Å². The molecule has 0 aliphatic rings. The molecular formula is C17H19Cl2N3O2S. The summed E-state index contributed by atoms with van der Waals surface area (Å²) in [6, 6.07) is 11.2. The molecule has 0 aliphatic carbocycles. The Morgan fingerprint density at radius 2 is 1.48 bits per heavy atom. The maximum atomic E-state index is 5.85. The third-order valence-corrected chi connectivity index (χ3v) is 4.30. The predicted octanol–water partition coefficient (Wildman–Crippen LogP) is 4.50. The predicted molar refractivity (Wildman–Crippen MR) is 109 cm³/mol. The fraction of sp³-hybridized carbons (Fsp3) is 0.118. The van der Waals surface area contributed by atoms with E-state index in [1.807, 2.05) is 35.7 Å². The van der Waals surface area contributed by atoms with Gasteiger partial charge in [0, 0.05) is 27.9 Å². The van der Waals surface area contributed by atoms with Gasteiger partial charge in [0.2, 0.25) is 0 Å². The van der Waals surface area contributed by atoms with Crippen LogP contribution in [0.4, 0.5) is 11.4 Å². The molecule has 0 fully saturated rings. The second-order valence-electron chi connectivity index (χ2n) is 5.00. The lowest BCUT2D eigenvalue weighted by molar-refractivity contribution is 0.355. The van der Waals surface area contributed by atoms with Crippen LogP contribution >= 0.6 is 36.2 Å². The summed E-state index contributed by atoms with van der Waals surface area (Å²) in [5.41, 5.74) is 15.7. The molecule has 0 aliphatic heterocycles. The number of thiazole rings is 1. The summed E-state index contributed by atoms with van der Waals surface area (Å²) in [6.07, 6.45) is 0. The monoisotopic (exact) mass is 399 g/mol. The number of halogens is 2. The van der Waals surface area contributed by atoms with Crippen LogP contribution in [0.3, 0.4) is 0 Å². The van der Waals surface area contributed by atoms with Gasteiger partial charge in [0.05, 0.1) is 19.9 Å². The van der Waals surface area contributed by atoms with E-state index >= 15 is 0 Å². The summed E-state index contributed by atoms with van der Waals surface area (Å²) in [6.45, 7) is 0. The van der Waals surface area contributed by atoms with Gasteiger partial charge < -0.3 is 20.9 Å². The van der Waals surface area contributed by atoms with Gasteiger partial charge in [-0.1, -0.05) is 0 Å². The fourth-order valence-corrected chi connectivity index (χ4v) is 3.16. The molecule has 0 amide bonds. The van der Waals surface area contributed by atoms with Crippen LogP contribution in [0.1, 0.15) is 0 Å². The fourth-order valence-electron chi connectivity index (χ4n) is 2.33. The molecular weight excluding hydrogens is 381 g/mol. The number of rotatable bonds is 4. The molecule has 1 aromatic heterocycles. The first-order valence-corrected chi connectivity index (χ1v) is 7.83. The van der Waals surface area contributed by atoms with Crippen LogP contribution in [-0.2, 0) is 0 Å². The lowest BCUT2D eigenvalue weighted by Gasteiger charge is -2.08. The lowest BCUT2D eigenvalue weighted by atomic mass is 10.1. The Morgan fingerprint density at radius 3 is 2.08 bits per heavy atom. The topological polar surface area (TPSA) is 83.4 Å². The highest BCUT2D eigenvalue weighted by Crippen LogP contribution is 2.35. The van der Waals surface area contributed by atoms with Crippen molar-refractivity contribution in [3.63, 3.8) is 0 Å². The van der Waals surface area contributed by atoms with Crippen LogP contribution in [0, 0.1) is 0 Å². The highest BCUT2D eigenvalue weighted by molar-refractivity contribution is 7.13. The average molecular weight is 400 g/mol. The van der Waals surface area contributed by atoms with Crippen molar-refractivity contribution >= 4 is 47.5 Å². The highest BCUT2D eigenvalue weighted by Gasteiger charge is 2.11. The number of nitrogens with two attached hydrogens (primary N) is 2. The molecule has 134 valence electrons. The van der Waals surface area contributed by atoms with Gasteiger partial charge in [-0.3, -0.25) is 0 Å². The lowest BCUT2D eigenvalue weighted by Crippen LogP contribution is -1.92. The van der Waals surface area contributed by atoms with E-state index in [0.29, 0.717) is 22.9 Å². The number of anilines is 2. The van der Waals surface area contributed by atoms with E-state index in [-0.39, 0.29) is 24.8 Å². The number of ether oxygens (including phenoxy) is 2. The van der Waals surface area contributed by atoms with Crippen LogP contribution in [0.25, 0.3) is 21.8 Å². The zero-order valence-corrected chi connectivity index (χ0v) is 16.1.